The van der Waals surface area contributed by atoms with Crippen molar-refractivity contribution in [3.63, 3.8) is 0 Å². The molecule has 0 fully saturated rings. The predicted molar refractivity (Wildman–Crippen MR) is 80.0 cm³/mol. The van der Waals surface area contributed by atoms with Crippen molar-refractivity contribution in [2.24, 2.45) is 0 Å². The minimum Gasteiger partial charge on any atom is -0.384 e. The molecule has 0 aromatic heterocycles. The molecule has 0 spiro atoms. The number of aliphatic hydroxyl groups is 1. The van der Waals surface area contributed by atoms with Crippen LogP contribution in [0.15, 0.2) is 55.9 Å². The topological polar surface area (TPSA) is 20.2 Å². The molecule has 0 amide bonds. The summed E-state index contributed by atoms with van der Waals surface area (Å²) < 4.78 is 2.74. The molecule has 0 radical (unpaired) electrons. The molecular formula is C13H9Br3O. The van der Waals surface area contributed by atoms with E-state index in [9.17, 15) is 5.11 Å². The summed E-state index contributed by atoms with van der Waals surface area (Å²) in [6.45, 7) is 0. The Balaban J connectivity index is 2.47. The summed E-state index contributed by atoms with van der Waals surface area (Å²) in [4.78, 5) is 0. The summed E-state index contributed by atoms with van der Waals surface area (Å²) in [7, 11) is 0. The van der Waals surface area contributed by atoms with Gasteiger partial charge >= 0.3 is 0 Å². The standard InChI is InChI=1S/C13H9Br3O/c14-8-5-6-12(16)10(7-8)13(17)9-3-1-2-4-11(9)15/h1-7,13,17H. The molecule has 17 heavy (non-hydrogen) atoms. The van der Waals surface area contributed by atoms with Crippen molar-refractivity contribution in [3.05, 3.63) is 67.0 Å². The molecule has 2 rings (SSSR count). The molecule has 0 saturated heterocycles. The molecule has 0 aliphatic heterocycles. The Hall–Kier alpha value is -0.160. The van der Waals surface area contributed by atoms with Gasteiger partial charge in [-0.15, -0.1) is 0 Å². The van der Waals surface area contributed by atoms with Crippen LogP contribution in [0.5, 0.6) is 0 Å². The molecule has 1 nitrogen and oxygen atoms in total. The van der Waals surface area contributed by atoms with Gasteiger partial charge in [-0.25, -0.2) is 0 Å². The van der Waals surface area contributed by atoms with E-state index in [-0.39, 0.29) is 0 Å². The molecule has 2 aromatic rings. The normalized spacial score (nSPS) is 12.5. The van der Waals surface area contributed by atoms with Crippen molar-refractivity contribution in [2.75, 3.05) is 0 Å². The lowest BCUT2D eigenvalue weighted by Gasteiger charge is -2.15. The maximum Gasteiger partial charge on any atom is 0.106 e. The second kappa shape index (κ2) is 5.65. The minimum atomic E-state index is -0.655. The van der Waals surface area contributed by atoms with E-state index in [1.54, 1.807) is 0 Å². The van der Waals surface area contributed by atoms with Gasteiger partial charge in [-0.3, -0.25) is 0 Å². The Morgan fingerprint density at radius 2 is 1.47 bits per heavy atom. The van der Waals surface area contributed by atoms with E-state index in [1.807, 2.05) is 42.5 Å². The molecule has 0 aliphatic rings. The van der Waals surface area contributed by atoms with E-state index in [0.29, 0.717) is 0 Å². The first-order valence-electron chi connectivity index (χ1n) is 4.97. The van der Waals surface area contributed by atoms with Gasteiger partial charge in [0.1, 0.15) is 6.10 Å². The molecule has 0 aliphatic carbocycles. The third kappa shape index (κ3) is 2.99. The van der Waals surface area contributed by atoms with Crippen LogP contribution in [0, 0.1) is 0 Å². The summed E-state index contributed by atoms with van der Waals surface area (Å²) in [6, 6.07) is 13.4. The molecule has 0 bridgehead atoms. The monoisotopic (exact) mass is 418 g/mol. The number of hydrogen-bond donors (Lipinski definition) is 1. The van der Waals surface area contributed by atoms with E-state index in [0.717, 1.165) is 24.5 Å². The highest BCUT2D eigenvalue weighted by molar-refractivity contribution is 9.11. The van der Waals surface area contributed by atoms with Crippen molar-refractivity contribution in [1.82, 2.24) is 0 Å². The fraction of sp³-hybridized carbons (Fsp3) is 0.0769. The molecule has 0 saturated carbocycles. The second-order valence-corrected chi connectivity index (χ2v) is 6.21. The van der Waals surface area contributed by atoms with Crippen LogP contribution in [0.2, 0.25) is 0 Å². The Kier molecular flexibility index (Phi) is 4.42. The van der Waals surface area contributed by atoms with Crippen LogP contribution in [-0.2, 0) is 0 Å². The summed E-state index contributed by atoms with van der Waals surface area (Å²) in [5.74, 6) is 0. The largest absolute Gasteiger partial charge is 0.384 e. The van der Waals surface area contributed by atoms with Gasteiger partial charge in [0.05, 0.1) is 0 Å². The van der Waals surface area contributed by atoms with Gasteiger partial charge in [0.25, 0.3) is 0 Å². The smallest absolute Gasteiger partial charge is 0.106 e. The zero-order valence-corrected chi connectivity index (χ0v) is 13.5. The number of rotatable bonds is 2. The molecular weight excluding hydrogens is 412 g/mol. The van der Waals surface area contributed by atoms with E-state index in [1.165, 1.54) is 0 Å². The van der Waals surface area contributed by atoms with Crippen LogP contribution in [-0.4, -0.2) is 5.11 Å². The van der Waals surface area contributed by atoms with Crippen molar-refractivity contribution >= 4 is 47.8 Å². The van der Waals surface area contributed by atoms with Crippen LogP contribution in [0.4, 0.5) is 0 Å². The van der Waals surface area contributed by atoms with Gasteiger partial charge in [-0.2, -0.15) is 0 Å². The maximum atomic E-state index is 10.4. The van der Waals surface area contributed by atoms with Crippen LogP contribution in [0.1, 0.15) is 17.2 Å². The van der Waals surface area contributed by atoms with Crippen LogP contribution in [0.25, 0.3) is 0 Å². The first-order chi connectivity index (χ1) is 8.09. The summed E-state index contributed by atoms with van der Waals surface area (Å²) in [5, 5.41) is 10.4. The van der Waals surface area contributed by atoms with Crippen LogP contribution >= 0.6 is 47.8 Å². The van der Waals surface area contributed by atoms with Crippen LogP contribution < -0.4 is 0 Å². The number of aliphatic hydroxyl groups excluding tert-OH is 1. The van der Waals surface area contributed by atoms with Crippen molar-refractivity contribution in [3.8, 4) is 0 Å². The molecule has 1 unspecified atom stereocenters. The number of benzene rings is 2. The summed E-state index contributed by atoms with van der Waals surface area (Å²) in [6.07, 6.45) is -0.655. The fourth-order valence-corrected chi connectivity index (χ4v) is 2.93. The molecule has 88 valence electrons. The van der Waals surface area contributed by atoms with Gasteiger partial charge < -0.3 is 5.11 Å². The van der Waals surface area contributed by atoms with Crippen molar-refractivity contribution in [2.45, 2.75) is 6.10 Å². The van der Waals surface area contributed by atoms with E-state index in [4.69, 9.17) is 0 Å². The van der Waals surface area contributed by atoms with Gasteiger partial charge in [0.2, 0.25) is 0 Å². The van der Waals surface area contributed by atoms with Crippen molar-refractivity contribution < 1.29 is 5.11 Å². The third-order valence-corrected chi connectivity index (χ3v) is 4.39. The Labute approximate surface area is 125 Å². The SMILES string of the molecule is OC(c1ccccc1Br)c1cc(Br)ccc1Br. The lowest BCUT2D eigenvalue weighted by atomic mass is 10.0. The maximum absolute atomic E-state index is 10.4. The number of hydrogen-bond acceptors (Lipinski definition) is 1. The quantitative estimate of drug-likeness (QED) is 0.720. The lowest BCUT2D eigenvalue weighted by Crippen LogP contribution is -2.01. The van der Waals surface area contributed by atoms with Gasteiger partial charge in [0, 0.05) is 19.0 Å². The van der Waals surface area contributed by atoms with Crippen LogP contribution in [0.3, 0.4) is 0 Å². The third-order valence-electron chi connectivity index (χ3n) is 2.45. The Morgan fingerprint density at radius 1 is 0.824 bits per heavy atom. The second-order valence-electron chi connectivity index (χ2n) is 3.59. The van der Waals surface area contributed by atoms with E-state index in [2.05, 4.69) is 47.8 Å². The summed E-state index contributed by atoms with van der Waals surface area (Å²) >= 11 is 10.3. The first-order valence-corrected chi connectivity index (χ1v) is 7.35. The molecule has 1 N–H and O–H groups in total. The highest BCUT2D eigenvalue weighted by Gasteiger charge is 2.16. The highest BCUT2D eigenvalue weighted by Crippen LogP contribution is 2.33. The van der Waals surface area contributed by atoms with E-state index >= 15 is 0 Å². The molecule has 2 aromatic carbocycles. The van der Waals surface area contributed by atoms with Gasteiger partial charge in [0.15, 0.2) is 0 Å². The zero-order chi connectivity index (χ0) is 12.4. The van der Waals surface area contributed by atoms with Gasteiger partial charge in [-0.05, 0) is 29.8 Å². The molecule has 1 atom stereocenters. The van der Waals surface area contributed by atoms with Gasteiger partial charge in [-0.1, -0.05) is 66.0 Å². The Bertz CT molecular complexity index is 540. The Morgan fingerprint density at radius 3 is 2.18 bits per heavy atom. The fourth-order valence-electron chi connectivity index (χ4n) is 1.59. The lowest BCUT2D eigenvalue weighted by molar-refractivity contribution is 0.218. The van der Waals surface area contributed by atoms with E-state index < -0.39 is 6.10 Å². The first kappa shape index (κ1) is 13.3. The highest BCUT2D eigenvalue weighted by atomic mass is 79.9. The predicted octanol–water partition coefficient (Wildman–Crippen LogP) is 5.06. The average Bonchev–Trinajstić information content (AvgIpc) is 2.32. The summed E-state index contributed by atoms with van der Waals surface area (Å²) in [5.41, 5.74) is 1.69. The molecule has 4 heteroatoms. The average molecular weight is 421 g/mol. The minimum absolute atomic E-state index is 0.655. The molecule has 0 heterocycles. The van der Waals surface area contributed by atoms with Crippen molar-refractivity contribution in [1.29, 1.82) is 0 Å². The number of halogens is 3. The zero-order valence-electron chi connectivity index (χ0n) is 8.70.